The van der Waals surface area contributed by atoms with Crippen LogP contribution in [0.3, 0.4) is 0 Å². The van der Waals surface area contributed by atoms with E-state index in [4.69, 9.17) is 17.4 Å². The summed E-state index contributed by atoms with van der Waals surface area (Å²) in [6.07, 6.45) is 2.52. The lowest BCUT2D eigenvalue weighted by Crippen LogP contribution is -2.30. The Morgan fingerprint density at radius 3 is 2.70 bits per heavy atom. The summed E-state index contributed by atoms with van der Waals surface area (Å²) in [6, 6.07) is 3.96. The molecule has 0 aromatic carbocycles. The first-order valence-corrected chi connectivity index (χ1v) is 7.05. The molecule has 0 aliphatic carbocycles. The monoisotopic (exact) mass is 293 g/mol. The maximum absolute atomic E-state index is 6.34. The average Bonchev–Trinajstić information content (AvgIpc) is 2.73. The fourth-order valence-electron chi connectivity index (χ4n) is 2.22. The van der Waals surface area contributed by atoms with Crippen molar-refractivity contribution in [3.05, 3.63) is 46.0 Å². The number of hydrazine groups is 1. The van der Waals surface area contributed by atoms with Gasteiger partial charge in [0, 0.05) is 24.9 Å². The summed E-state index contributed by atoms with van der Waals surface area (Å²) in [5, 5.41) is 5.14. The Balaban J connectivity index is 2.28. The van der Waals surface area contributed by atoms with Crippen molar-refractivity contribution in [3.63, 3.8) is 0 Å². The first-order valence-electron chi connectivity index (χ1n) is 6.67. The minimum atomic E-state index is -0.0398. The third-order valence-corrected chi connectivity index (χ3v) is 3.88. The van der Waals surface area contributed by atoms with Crippen LogP contribution in [-0.4, -0.2) is 14.8 Å². The van der Waals surface area contributed by atoms with Gasteiger partial charge >= 0.3 is 0 Å². The van der Waals surface area contributed by atoms with Crippen LogP contribution >= 0.6 is 11.6 Å². The smallest absolute Gasteiger partial charge is 0.0847 e. The molecule has 1 atom stereocenters. The van der Waals surface area contributed by atoms with Crippen LogP contribution in [0.5, 0.6) is 0 Å². The third-order valence-electron chi connectivity index (χ3n) is 3.39. The lowest BCUT2D eigenvalue weighted by atomic mass is 10.0. The van der Waals surface area contributed by atoms with Crippen LogP contribution < -0.4 is 11.3 Å². The number of nitrogens with one attached hydrogen (secondary N) is 1. The third kappa shape index (κ3) is 3.00. The summed E-state index contributed by atoms with van der Waals surface area (Å²) in [5.74, 6) is 5.69. The van der Waals surface area contributed by atoms with Crippen molar-refractivity contribution in [2.45, 2.75) is 39.8 Å². The molecule has 0 amide bonds. The van der Waals surface area contributed by atoms with Gasteiger partial charge in [0.05, 0.1) is 22.5 Å². The Morgan fingerprint density at radius 1 is 1.40 bits per heavy atom. The average molecular weight is 294 g/mol. The lowest BCUT2D eigenvalue weighted by molar-refractivity contribution is 0.515. The molecule has 0 fully saturated rings. The predicted molar refractivity (Wildman–Crippen MR) is 80.4 cm³/mol. The van der Waals surface area contributed by atoms with Gasteiger partial charge in [0.25, 0.3) is 0 Å². The summed E-state index contributed by atoms with van der Waals surface area (Å²) in [5.41, 5.74) is 6.70. The second kappa shape index (κ2) is 6.35. The van der Waals surface area contributed by atoms with E-state index in [0.29, 0.717) is 11.4 Å². The number of hydrogen-bond acceptors (Lipinski definition) is 4. The van der Waals surface area contributed by atoms with E-state index in [9.17, 15) is 0 Å². The van der Waals surface area contributed by atoms with E-state index in [2.05, 4.69) is 15.5 Å². The van der Waals surface area contributed by atoms with Gasteiger partial charge in [-0.15, -0.1) is 0 Å². The minimum Gasteiger partial charge on any atom is -0.271 e. The van der Waals surface area contributed by atoms with Gasteiger partial charge in [0.15, 0.2) is 0 Å². The van der Waals surface area contributed by atoms with E-state index in [1.807, 2.05) is 43.8 Å². The van der Waals surface area contributed by atoms with Crippen molar-refractivity contribution in [1.29, 1.82) is 0 Å². The van der Waals surface area contributed by atoms with Gasteiger partial charge in [-0.1, -0.05) is 17.7 Å². The van der Waals surface area contributed by atoms with E-state index in [0.717, 1.165) is 29.2 Å². The molecule has 0 aliphatic heterocycles. The highest BCUT2D eigenvalue weighted by molar-refractivity contribution is 6.31. The zero-order valence-electron chi connectivity index (χ0n) is 12.0. The van der Waals surface area contributed by atoms with E-state index >= 15 is 0 Å². The van der Waals surface area contributed by atoms with Crippen LogP contribution in [-0.2, 0) is 13.0 Å². The number of aryl methyl sites for hydroxylation is 3. The number of nitrogens with zero attached hydrogens (tertiary/aromatic N) is 3. The van der Waals surface area contributed by atoms with Gasteiger partial charge in [0.1, 0.15) is 0 Å². The second-order valence-electron chi connectivity index (χ2n) is 4.82. The molecule has 0 spiro atoms. The largest absolute Gasteiger partial charge is 0.271 e. The minimum absolute atomic E-state index is 0.0398. The van der Waals surface area contributed by atoms with Crippen LogP contribution in [0, 0.1) is 13.8 Å². The summed E-state index contributed by atoms with van der Waals surface area (Å²) in [6.45, 7) is 6.70. The highest BCUT2D eigenvalue weighted by Gasteiger charge is 2.18. The molecule has 0 radical (unpaired) electrons. The Hall–Kier alpha value is -1.43. The maximum Gasteiger partial charge on any atom is 0.0847 e. The number of pyridine rings is 1. The van der Waals surface area contributed by atoms with E-state index in [1.165, 1.54) is 0 Å². The molecule has 5 nitrogen and oxygen atoms in total. The van der Waals surface area contributed by atoms with Gasteiger partial charge < -0.3 is 0 Å². The molecular formula is C14H20ClN5. The molecule has 0 saturated carbocycles. The zero-order chi connectivity index (χ0) is 14.7. The molecule has 0 saturated heterocycles. The van der Waals surface area contributed by atoms with Crippen molar-refractivity contribution in [3.8, 4) is 0 Å². The van der Waals surface area contributed by atoms with Gasteiger partial charge in [0.2, 0.25) is 0 Å². The molecule has 2 aromatic heterocycles. The standard InChI is InChI=1S/C14H20ClN5/c1-4-20-13(14(15)10(3)19-20)7-12(18-16)11-6-5-9(2)17-8-11/h5-6,8,12,18H,4,7,16H2,1-3H3. The van der Waals surface area contributed by atoms with Gasteiger partial charge in [-0.2, -0.15) is 5.10 Å². The summed E-state index contributed by atoms with van der Waals surface area (Å²) < 4.78 is 1.92. The molecule has 2 heterocycles. The van der Waals surface area contributed by atoms with Gasteiger partial charge in [-0.25, -0.2) is 0 Å². The van der Waals surface area contributed by atoms with Crippen molar-refractivity contribution < 1.29 is 0 Å². The normalized spacial score (nSPS) is 12.7. The Kier molecular flexibility index (Phi) is 4.75. The number of halogens is 1. The van der Waals surface area contributed by atoms with E-state index < -0.39 is 0 Å². The molecule has 0 aliphatic rings. The van der Waals surface area contributed by atoms with Crippen LogP contribution in [0.1, 0.15) is 35.6 Å². The van der Waals surface area contributed by atoms with E-state index in [-0.39, 0.29) is 6.04 Å². The molecule has 3 N–H and O–H groups in total. The van der Waals surface area contributed by atoms with Crippen LogP contribution in [0.25, 0.3) is 0 Å². The van der Waals surface area contributed by atoms with Crippen molar-refractivity contribution in [1.82, 2.24) is 20.2 Å². The van der Waals surface area contributed by atoms with Crippen LogP contribution in [0.4, 0.5) is 0 Å². The molecule has 6 heteroatoms. The van der Waals surface area contributed by atoms with Gasteiger partial charge in [-0.05, 0) is 32.4 Å². The summed E-state index contributed by atoms with van der Waals surface area (Å²) in [7, 11) is 0. The Bertz CT molecular complexity index is 576. The van der Waals surface area contributed by atoms with Crippen molar-refractivity contribution >= 4 is 11.6 Å². The number of nitrogens with two attached hydrogens (primary N) is 1. The van der Waals surface area contributed by atoms with Crippen LogP contribution in [0.2, 0.25) is 5.02 Å². The number of rotatable bonds is 5. The highest BCUT2D eigenvalue weighted by atomic mass is 35.5. The fraction of sp³-hybridized carbons (Fsp3) is 0.429. The molecule has 20 heavy (non-hydrogen) atoms. The quantitative estimate of drug-likeness (QED) is 0.656. The summed E-state index contributed by atoms with van der Waals surface area (Å²) >= 11 is 6.34. The molecule has 0 bridgehead atoms. The molecule has 2 aromatic rings. The SMILES string of the molecule is CCn1nc(C)c(Cl)c1CC(NN)c1ccc(C)nc1. The fourth-order valence-corrected chi connectivity index (χ4v) is 2.43. The summed E-state index contributed by atoms with van der Waals surface area (Å²) in [4.78, 5) is 4.31. The molecule has 2 rings (SSSR count). The first-order chi connectivity index (χ1) is 9.56. The highest BCUT2D eigenvalue weighted by Crippen LogP contribution is 2.25. The van der Waals surface area contributed by atoms with Crippen LogP contribution in [0.15, 0.2) is 18.3 Å². The van der Waals surface area contributed by atoms with Gasteiger partial charge in [-0.3, -0.25) is 20.9 Å². The Morgan fingerprint density at radius 2 is 2.15 bits per heavy atom. The molecule has 108 valence electrons. The molecular weight excluding hydrogens is 274 g/mol. The number of aromatic nitrogens is 3. The molecule has 1 unspecified atom stereocenters. The predicted octanol–water partition coefficient (Wildman–Crippen LogP) is 2.32. The number of hydrogen-bond donors (Lipinski definition) is 2. The lowest BCUT2D eigenvalue weighted by Gasteiger charge is -2.17. The second-order valence-corrected chi connectivity index (χ2v) is 5.20. The van der Waals surface area contributed by atoms with Crippen molar-refractivity contribution in [2.24, 2.45) is 5.84 Å². The zero-order valence-corrected chi connectivity index (χ0v) is 12.8. The topological polar surface area (TPSA) is 68.8 Å². The van der Waals surface area contributed by atoms with E-state index in [1.54, 1.807) is 0 Å². The Labute approximate surface area is 124 Å². The first kappa shape index (κ1) is 15.0. The van der Waals surface area contributed by atoms with Crippen molar-refractivity contribution in [2.75, 3.05) is 0 Å². The maximum atomic E-state index is 6.34.